The molecule has 160 valence electrons. The number of rotatable bonds is 1. The van der Waals surface area contributed by atoms with E-state index in [1.807, 2.05) is 12.1 Å². The van der Waals surface area contributed by atoms with Gasteiger partial charge < -0.3 is 0 Å². The highest BCUT2D eigenvalue weighted by Crippen LogP contribution is 2.70. The first-order valence-electron chi connectivity index (χ1n) is 11.9. The lowest BCUT2D eigenvalue weighted by Crippen LogP contribution is -2.55. The van der Waals surface area contributed by atoms with Crippen molar-refractivity contribution < 1.29 is 0 Å². The maximum Gasteiger partial charge on any atom is 0.0606 e. The minimum atomic E-state index is 0.176. The smallest absolute Gasteiger partial charge is 0.0606 e. The van der Waals surface area contributed by atoms with Crippen molar-refractivity contribution in [1.29, 1.82) is 0 Å². The van der Waals surface area contributed by atoms with E-state index in [9.17, 15) is 0 Å². The van der Waals surface area contributed by atoms with Gasteiger partial charge in [0.1, 0.15) is 0 Å². The second-order valence-corrected chi connectivity index (χ2v) is 11.0. The lowest BCUT2D eigenvalue weighted by molar-refractivity contribution is -0.0399. The van der Waals surface area contributed by atoms with Crippen LogP contribution in [0.25, 0.3) is 22.3 Å². The summed E-state index contributed by atoms with van der Waals surface area (Å²) < 4.78 is 0. The number of halogens is 2. The van der Waals surface area contributed by atoms with Crippen molar-refractivity contribution in [1.82, 2.24) is 0 Å². The normalized spacial score (nSPS) is 30.6. The summed E-state index contributed by atoms with van der Waals surface area (Å²) in [6.45, 7) is 1.50. The molecule has 0 saturated heterocycles. The van der Waals surface area contributed by atoms with Gasteiger partial charge in [-0.05, 0) is 108 Å². The molecule has 3 aromatic rings. The van der Waals surface area contributed by atoms with Gasteiger partial charge in [0, 0.05) is 21.0 Å². The highest BCUT2D eigenvalue weighted by molar-refractivity contribution is 6.34. The zero-order valence-electron chi connectivity index (χ0n) is 18.5. The Morgan fingerprint density at radius 1 is 0.719 bits per heavy atom. The van der Waals surface area contributed by atoms with Crippen LogP contribution in [-0.2, 0) is 5.41 Å². The Morgan fingerprint density at radius 2 is 1.38 bits per heavy atom. The van der Waals surface area contributed by atoms with Crippen molar-refractivity contribution >= 4 is 31.0 Å². The Balaban J connectivity index is 0.000000953. The third-order valence-corrected chi connectivity index (χ3v) is 9.33. The topological polar surface area (TPSA) is 0 Å². The third kappa shape index (κ3) is 2.77. The fraction of sp³-hybridized carbons (Fsp3) is 0.379. The molecular formula is C29H27BCl2. The minimum absolute atomic E-state index is 0.176. The standard InChI is InChI=1S/C28H24Cl2.CH3B/c29-22-4-1-3-18(14-22)19-7-8-24-23(15-19)27-25(5-2-6-26(27)30)28(24)20-10-16-9-17(12-20)13-21(28)11-16;1-2/h1-8,14-17,20-21H,9-13H2;1H3. The molecule has 0 atom stereocenters. The van der Waals surface area contributed by atoms with Gasteiger partial charge in [0.05, 0.1) is 7.85 Å². The van der Waals surface area contributed by atoms with Crippen LogP contribution >= 0.6 is 23.2 Å². The van der Waals surface area contributed by atoms with E-state index < -0.39 is 0 Å². The molecule has 0 aromatic heterocycles. The van der Waals surface area contributed by atoms with E-state index in [0.717, 1.165) is 33.7 Å². The summed E-state index contributed by atoms with van der Waals surface area (Å²) in [4.78, 5) is 0. The van der Waals surface area contributed by atoms with Crippen molar-refractivity contribution in [3.8, 4) is 22.3 Å². The SMILES string of the molecule is Clc1cccc(-c2ccc3c(c2)-c2c(Cl)cccc2C32C3CC4CC(C3)CC2C4)c1.[B]C. The van der Waals surface area contributed by atoms with Crippen LogP contribution in [0.3, 0.4) is 0 Å². The highest BCUT2D eigenvalue weighted by Gasteiger charge is 2.61. The van der Waals surface area contributed by atoms with Crippen molar-refractivity contribution in [3.63, 3.8) is 0 Å². The molecule has 2 radical (unpaired) electrons. The lowest BCUT2D eigenvalue weighted by Gasteiger charge is -2.61. The first kappa shape index (κ1) is 20.9. The van der Waals surface area contributed by atoms with Crippen molar-refractivity contribution in [3.05, 3.63) is 81.8 Å². The Hall–Kier alpha value is -1.70. The molecule has 32 heavy (non-hydrogen) atoms. The maximum atomic E-state index is 6.90. The fourth-order valence-corrected chi connectivity index (χ4v) is 8.52. The lowest BCUT2D eigenvalue weighted by atomic mass is 9.43. The fourth-order valence-electron chi connectivity index (χ4n) is 8.05. The van der Waals surface area contributed by atoms with Crippen LogP contribution in [0.4, 0.5) is 0 Å². The summed E-state index contributed by atoms with van der Waals surface area (Å²) >= 11 is 13.2. The second kappa shape index (κ2) is 7.68. The molecule has 8 rings (SSSR count). The average Bonchev–Trinajstić information content (AvgIpc) is 3.10. The summed E-state index contributed by atoms with van der Waals surface area (Å²) in [7, 11) is 4.50. The molecule has 1 spiro atoms. The molecule has 0 N–H and O–H groups in total. The Labute approximate surface area is 202 Å². The van der Waals surface area contributed by atoms with Crippen LogP contribution in [-0.4, -0.2) is 7.85 Å². The van der Waals surface area contributed by atoms with E-state index in [1.54, 1.807) is 5.56 Å². The van der Waals surface area contributed by atoms with E-state index in [4.69, 9.17) is 23.2 Å². The molecule has 3 heteroatoms. The predicted molar refractivity (Wildman–Crippen MR) is 137 cm³/mol. The Kier molecular flexibility index (Phi) is 5.01. The van der Waals surface area contributed by atoms with E-state index in [2.05, 4.69) is 56.4 Å². The van der Waals surface area contributed by atoms with E-state index >= 15 is 0 Å². The maximum absolute atomic E-state index is 6.90. The first-order chi connectivity index (χ1) is 15.6. The van der Waals surface area contributed by atoms with Gasteiger partial charge in [0.25, 0.3) is 0 Å². The number of hydrogen-bond donors (Lipinski definition) is 0. The van der Waals surface area contributed by atoms with E-state index in [0.29, 0.717) is 0 Å². The molecule has 0 aliphatic heterocycles. The van der Waals surface area contributed by atoms with Crippen LogP contribution in [0.1, 0.15) is 43.2 Å². The van der Waals surface area contributed by atoms with Gasteiger partial charge in [-0.15, -0.1) is 0 Å². The quantitative estimate of drug-likeness (QED) is 0.321. The number of fused-ring (bicyclic) bond motifs is 3. The monoisotopic (exact) mass is 456 g/mol. The van der Waals surface area contributed by atoms with Gasteiger partial charge in [0.15, 0.2) is 0 Å². The van der Waals surface area contributed by atoms with Crippen LogP contribution in [0.5, 0.6) is 0 Å². The average molecular weight is 457 g/mol. The van der Waals surface area contributed by atoms with Gasteiger partial charge in [0.2, 0.25) is 0 Å². The molecule has 0 heterocycles. The molecule has 0 unspecified atom stereocenters. The zero-order chi connectivity index (χ0) is 22.0. The molecule has 0 amide bonds. The van der Waals surface area contributed by atoms with Crippen molar-refractivity contribution in [2.75, 3.05) is 0 Å². The number of benzene rings is 3. The summed E-state index contributed by atoms with van der Waals surface area (Å²) in [5.74, 6) is 3.44. The summed E-state index contributed by atoms with van der Waals surface area (Å²) in [6.07, 6.45) is 7.07. The molecule has 5 aliphatic rings. The van der Waals surface area contributed by atoms with E-state index in [-0.39, 0.29) is 5.41 Å². The van der Waals surface area contributed by atoms with Gasteiger partial charge in [-0.3, -0.25) is 0 Å². The summed E-state index contributed by atoms with van der Waals surface area (Å²) in [5.41, 5.74) is 8.29. The van der Waals surface area contributed by atoms with Gasteiger partial charge in [-0.1, -0.05) is 66.4 Å². The van der Waals surface area contributed by atoms with Crippen molar-refractivity contribution in [2.45, 2.75) is 44.3 Å². The second-order valence-electron chi connectivity index (χ2n) is 10.1. The van der Waals surface area contributed by atoms with Gasteiger partial charge in [-0.2, -0.15) is 0 Å². The number of hydrogen-bond acceptors (Lipinski definition) is 0. The largest absolute Gasteiger partial charge is 0.0999 e. The first-order valence-corrected chi connectivity index (χ1v) is 12.7. The summed E-state index contributed by atoms with van der Waals surface area (Å²) in [6, 6.07) is 22.0. The molecule has 3 aromatic carbocycles. The predicted octanol–water partition coefficient (Wildman–Crippen LogP) is 8.59. The Morgan fingerprint density at radius 3 is 2.06 bits per heavy atom. The molecule has 0 nitrogen and oxygen atoms in total. The van der Waals surface area contributed by atoms with Gasteiger partial charge in [-0.25, -0.2) is 0 Å². The molecular weight excluding hydrogens is 430 g/mol. The molecule has 5 aliphatic carbocycles. The van der Waals surface area contributed by atoms with Crippen LogP contribution < -0.4 is 0 Å². The minimum Gasteiger partial charge on any atom is -0.0999 e. The van der Waals surface area contributed by atoms with E-state index in [1.165, 1.54) is 66.7 Å². The van der Waals surface area contributed by atoms with Crippen LogP contribution in [0, 0.1) is 23.7 Å². The van der Waals surface area contributed by atoms with Gasteiger partial charge >= 0.3 is 0 Å². The highest BCUT2D eigenvalue weighted by atomic mass is 35.5. The Bertz CT molecular complexity index is 1170. The molecule has 4 fully saturated rings. The van der Waals surface area contributed by atoms with Crippen molar-refractivity contribution in [2.24, 2.45) is 23.7 Å². The zero-order valence-corrected chi connectivity index (χ0v) is 20.0. The van der Waals surface area contributed by atoms with Crippen LogP contribution in [0.15, 0.2) is 60.7 Å². The summed E-state index contributed by atoms with van der Waals surface area (Å²) in [5, 5.41) is 1.69. The molecule has 4 bridgehead atoms. The third-order valence-electron chi connectivity index (χ3n) is 8.78. The molecule has 4 saturated carbocycles. The van der Waals surface area contributed by atoms with Crippen LogP contribution in [0.2, 0.25) is 16.9 Å².